The maximum Gasteiger partial charge on any atom is 0.0408 e. The van der Waals surface area contributed by atoms with Crippen LogP contribution in [0.15, 0.2) is 24.3 Å². The summed E-state index contributed by atoms with van der Waals surface area (Å²) in [6.45, 7) is 3.32. The van der Waals surface area contributed by atoms with Gasteiger partial charge in [0, 0.05) is 16.6 Å². The Kier molecular flexibility index (Phi) is 6.09. The van der Waals surface area contributed by atoms with Crippen molar-refractivity contribution in [2.75, 3.05) is 20.6 Å². The summed E-state index contributed by atoms with van der Waals surface area (Å²) < 4.78 is 0. The second kappa shape index (κ2) is 7.62. The van der Waals surface area contributed by atoms with Crippen LogP contribution in [0.5, 0.6) is 0 Å². The molecule has 1 saturated carbocycles. The highest BCUT2D eigenvalue weighted by atomic mass is 35.5. The number of hydrogen-bond donors (Lipinski definition) is 1. The van der Waals surface area contributed by atoms with Gasteiger partial charge in [-0.15, -0.1) is 0 Å². The first-order chi connectivity index (χ1) is 10.1. The molecule has 21 heavy (non-hydrogen) atoms. The molecule has 1 aliphatic carbocycles. The Bertz CT molecular complexity index is 439. The van der Waals surface area contributed by atoms with Gasteiger partial charge in [-0.05, 0) is 64.0 Å². The molecule has 0 heterocycles. The van der Waals surface area contributed by atoms with Crippen LogP contribution < -0.4 is 5.32 Å². The fourth-order valence-corrected chi connectivity index (χ4v) is 3.98. The van der Waals surface area contributed by atoms with E-state index >= 15 is 0 Å². The van der Waals surface area contributed by atoms with Crippen molar-refractivity contribution < 1.29 is 0 Å². The van der Waals surface area contributed by atoms with Crippen molar-refractivity contribution in [1.29, 1.82) is 0 Å². The zero-order chi connectivity index (χ0) is 15.3. The van der Waals surface area contributed by atoms with E-state index in [-0.39, 0.29) is 5.54 Å². The molecule has 0 radical (unpaired) electrons. The lowest BCUT2D eigenvalue weighted by molar-refractivity contribution is 0.104. The number of likely N-dealkylation sites (N-methyl/N-ethyl adjacent to an activating group) is 1. The number of nitrogens with zero attached hydrogens (tertiary/aromatic N) is 1. The van der Waals surface area contributed by atoms with Crippen LogP contribution in [0.1, 0.15) is 44.6 Å². The Morgan fingerprint density at radius 2 is 2.00 bits per heavy atom. The van der Waals surface area contributed by atoms with Gasteiger partial charge < -0.3 is 10.2 Å². The van der Waals surface area contributed by atoms with E-state index in [9.17, 15) is 0 Å². The van der Waals surface area contributed by atoms with Crippen molar-refractivity contribution in [2.24, 2.45) is 0 Å². The fourth-order valence-electron chi connectivity index (χ4n) is 3.76. The van der Waals surface area contributed by atoms with E-state index in [4.69, 9.17) is 11.6 Å². The quantitative estimate of drug-likeness (QED) is 0.815. The van der Waals surface area contributed by atoms with Crippen LogP contribution in [-0.2, 0) is 6.42 Å². The molecule has 1 aromatic carbocycles. The molecule has 1 aromatic rings. The number of nitrogens with one attached hydrogen (secondary N) is 1. The summed E-state index contributed by atoms with van der Waals surface area (Å²) in [6, 6.07) is 8.82. The third kappa shape index (κ3) is 4.00. The van der Waals surface area contributed by atoms with Gasteiger partial charge in [0.2, 0.25) is 0 Å². The minimum Gasteiger partial charge on any atom is -0.312 e. The molecule has 2 nitrogen and oxygen atoms in total. The van der Waals surface area contributed by atoms with E-state index in [0.29, 0.717) is 6.04 Å². The Labute approximate surface area is 134 Å². The topological polar surface area (TPSA) is 15.3 Å². The Balaban J connectivity index is 2.20. The average Bonchev–Trinajstić information content (AvgIpc) is 2.94. The highest BCUT2D eigenvalue weighted by Crippen LogP contribution is 2.38. The number of rotatable bonds is 7. The van der Waals surface area contributed by atoms with Crippen LogP contribution in [0.25, 0.3) is 0 Å². The molecule has 0 spiro atoms. The number of benzene rings is 1. The summed E-state index contributed by atoms with van der Waals surface area (Å²) in [5.41, 5.74) is 1.63. The van der Waals surface area contributed by atoms with Crippen molar-refractivity contribution in [3.8, 4) is 0 Å². The Hall–Kier alpha value is -0.570. The minimum absolute atomic E-state index is 0.289. The summed E-state index contributed by atoms with van der Waals surface area (Å²) in [6.07, 6.45) is 7.51. The molecule has 1 aliphatic rings. The van der Waals surface area contributed by atoms with Crippen molar-refractivity contribution >= 4 is 11.6 Å². The lowest BCUT2D eigenvalue weighted by atomic mass is 9.83. The largest absolute Gasteiger partial charge is 0.312 e. The highest BCUT2D eigenvalue weighted by Gasteiger charge is 2.42. The van der Waals surface area contributed by atoms with Gasteiger partial charge in [0.05, 0.1) is 0 Å². The van der Waals surface area contributed by atoms with E-state index < -0.39 is 0 Å². The minimum atomic E-state index is 0.289. The molecule has 1 N–H and O–H groups in total. The lowest BCUT2D eigenvalue weighted by Crippen LogP contribution is -2.58. The summed E-state index contributed by atoms with van der Waals surface area (Å²) in [7, 11) is 4.48. The smallest absolute Gasteiger partial charge is 0.0408 e. The molecule has 0 aromatic heterocycles. The predicted molar refractivity (Wildman–Crippen MR) is 92.1 cm³/mol. The monoisotopic (exact) mass is 308 g/mol. The van der Waals surface area contributed by atoms with Crippen LogP contribution >= 0.6 is 11.6 Å². The fraction of sp³-hybridized carbons (Fsp3) is 0.667. The molecular weight excluding hydrogens is 280 g/mol. The second-order valence-corrected chi connectivity index (χ2v) is 6.98. The molecule has 118 valence electrons. The lowest BCUT2D eigenvalue weighted by Gasteiger charge is -2.44. The molecule has 0 aliphatic heterocycles. The van der Waals surface area contributed by atoms with Gasteiger partial charge in [0.1, 0.15) is 0 Å². The second-order valence-electron chi connectivity index (χ2n) is 6.55. The molecule has 2 rings (SSSR count). The third-order valence-electron chi connectivity index (χ3n) is 4.98. The van der Waals surface area contributed by atoms with Gasteiger partial charge in [0.25, 0.3) is 0 Å². The Morgan fingerprint density at radius 3 is 2.57 bits per heavy atom. The number of halogens is 1. The van der Waals surface area contributed by atoms with Crippen molar-refractivity contribution in [1.82, 2.24) is 10.2 Å². The molecule has 1 atom stereocenters. The van der Waals surface area contributed by atoms with Crippen molar-refractivity contribution in [3.05, 3.63) is 34.9 Å². The maximum atomic E-state index is 6.16. The molecule has 1 fully saturated rings. The molecule has 3 heteroatoms. The zero-order valence-electron chi connectivity index (χ0n) is 13.7. The molecule has 1 unspecified atom stereocenters. The first-order valence-corrected chi connectivity index (χ1v) is 8.61. The molecule has 0 bridgehead atoms. The van der Waals surface area contributed by atoms with Crippen LogP contribution in [0.2, 0.25) is 5.02 Å². The van der Waals surface area contributed by atoms with E-state index in [2.05, 4.69) is 49.4 Å². The van der Waals surface area contributed by atoms with Crippen molar-refractivity contribution in [3.63, 3.8) is 0 Å². The van der Waals surface area contributed by atoms with Gasteiger partial charge >= 0.3 is 0 Å². The van der Waals surface area contributed by atoms with Gasteiger partial charge in [-0.2, -0.15) is 0 Å². The van der Waals surface area contributed by atoms with Crippen LogP contribution in [0, 0.1) is 0 Å². The standard InChI is InChI=1S/C18H29ClN2/c1-4-12-20-17(14-15-8-7-9-16(19)13-15)18(21(2)3)10-5-6-11-18/h7-9,13,17,20H,4-6,10-12,14H2,1-3H3. The van der Waals surface area contributed by atoms with Gasteiger partial charge in [-0.3, -0.25) is 0 Å². The first-order valence-electron chi connectivity index (χ1n) is 8.24. The van der Waals surface area contributed by atoms with E-state index in [1.165, 1.54) is 37.7 Å². The average molecular weight is 309 g/mol. The predicted octanol–water partition coefficient (Wildman–Crippen LogP) is 4.13. The summed E-state index contributed by atoms with van der Waals surface area (Å²) in [5, 5.41) is 4.66. The van der Waals surface area contributed by atoms with E-state index in [1.807, 2.05) is 6.07 Å². The Morgan fingerprint density at radius 1 is 1.29 bits per heavy atom. The normalized spacial score (nSPS) is 19.1. The zero-order valence-corrected chi connectivity index (χ0v) is 14.4. The van der Waals surface area contributed by atoms with E-state index in [1.54, 1.807) is 0 Å². The first kappa shape index (κ1) is 16.8. The number of hydrogen-bond acceptors (Lipinski definition) is 2. The van der Waals surface area contributed by atoms with Gasteiger partial charge in [0.15, 0.2) is 0 Å². The van der Waals surface area contributed by atoms with Gasteiger partial charge in [-0.25, -0.2) is 0 Å². The van der Waals surface area contributed by atoms with Crippen LogP contribution in [0.3, 0.4) is 0 Å². The molecular formula is C18H29ClN2. The van der Waals surface area contributed by atoms with E-state index in [0.717, 1.165) is 18.0 Å². The molecule has 0 saturated heterocycles. The summed E-state index contributed by atoms with van der Waals surface area (Å²) in [5.74, 6) is 0. The van der Waals surface area contributed by atoms with Crippen LogP contribution in [-0.4, -0.2) is 37.1 Å². The highest BCUT2D eigenvalue weighted by molar-refractivity contribution is 6.30. The van der Waals surface area contributed by atoms with Gasteiger partial charge in [-0.1, -0.05) is 43.5 Å². The maximum absolute atomic E-state index is 6.16. The summed E-state index contributed by atoms with van der Waals surface area (Å²) >= 11 is 6.16. The summed E-state index contributed by atoms with van der Waals surface area (Å²) in [4.78, 5) is 2.46. The van der Waals surface area contributed by atoms with Crippen molar-refractivity contribution in [2.45, 2.75) is 57.0 Å². The third-order valence-corrected chi connectivity index (χ3v) is 5.21. The molecule has 0 amide bonds. The SMILES string of the molecule is CCCNC(Cc1cccc(Cl)c1)C1(N(C)C)CCCC1. The van der Waals surface area contributed by atoms with Crippen LogP contribution in [0.4, 0.5) is 0 Å².